The molecule has 0 radical (unpaired) electrons. The Kier molecular flexibility index (Phi) is 4.84. The van der Waals surface area contributed by atoms with Crippen molar-refractivity contribution >= 4 is 33.3 Å². The first kappa shape index (κ1) is 21.5. The van der Waals surface area contributed by atoms with Crippen LogP contribution in [0.25, 0.3) is 43.8 Å². The van der Waals surface area contributed by atoms with Gasteiger partial charge in [-0.05, 0) is 73.1 Å². The van der Waals surface area contributed by atoms with E-state index >= 15 is 0 Å². The lowest BCUT2D eigenvalue weighted by molar-refractivity contribution is 0.660. The van der Waals surface area contributed by atoms with Crippen molar-refractivity contribution in [1.29, 1.82) is 0 Å². The predicted octanol–water partition coefficient (Wildman–Crippen LogP) is 10.1. The molecule has 0 saturated carbocycles. The molecule has 0 nitrogen and oxygen atoms in total. The first-order chi connectivity index (χ1) is 17.6. The molecule has 0 bridgehead atoms. The normalized spacial score (nSPS) is 13.6. The van der Waals surface area contributed by atoms with E-state index in [0.717, 1.165) is 0 Å². The minimum atomic E-state index is -0.0172. The van der Waals surface area contributed by atoms with Gasteiger partial charge in [-0.1, -0.05) is 129 Å². The summed E-state index contributed by atoms with van der Waals surface area (Å²) in [7, 11) is 0. The lowest BCUT2D eigenvalue weighted by Gasteiger charge is -2.23. The van der Waals surface area contributed by atoms with E-state index in [2.05, 4.69) is 135 Å². The van der Waals surface area contributed by atoms with Crippen LogP contribution >= 0.6 is 11.8 Å². The van der Waals surface area contributed by atoms with Crippen LogP contribution in [0.3, 0.4) is 0 Å². The van der Waals surface area contributed by atoms with Gasteiger partial charge in [-0.15, -0.1) is 0 Å². The summed E-state index contributed by atoms with van der Waals surface area (Å²) in [6, 6.07) is 44.5. The largest absolute Gasteiger partial charge is 0.0888 e. The Bertz CT molecular complexity index is 1720. The van der Waals surface area contributed by atoms with E-state index < -0.39 is 0 Å². The van der Waals surface area contributed by atoms with Crippen molar-refractivity contribution in [2.45, 2.75) is 29.1 Å². The van der Waals surface area contributed by atoms with Gasteiger partial charge in [-0.25, -0.2) is 0 Å². The van der Waals surface area contributed by atoms with Crippen LogP contribution < -0.4 is 0 Å². The van der Waals surface area contributed by atoms with Crippen molar-refractivity contribution in [3.8, 4) is 22.3 Å². The van der Waals surface area contributed by atoms with Gasteiger partial charge in [0.1, 0.15) is 0 Å². The molecule has 172 valence electrons. The summed E-state index contributed by atoms with van der Waals surface area (Å²) in [5.41, 5.74) is 8.17. The number of rotatable bonds is 3. The van der Waals surface area contributed by atoms with Crippen LogP contribution in [0.5, 0.6) is 0 Å². The zero-order valence-electron chi connectivity index (χ0n) is 20.5. The molecule has 6 aromatic rings. The molecule has 0 spiro atoms. The fourth-order valence-corrected chi connectivity index (χ4v) is 7.08. The summed E-state index contributed by atoms with van der Waals surface area (Å²) >= 11 is 1.86. The monoisotopic (exact) mass is 478 g/mol. The van der Waals surface area contributed by atoms with Crippen molar-refractivity contribution in [3.05, 3.63) is 132 Å². The SMILES string of the molecule is CC1(C)c2ccccc2-c2ccc(-c3c4ccccc4c(Sc4ccccc4)c4ccccc34)cc21. The van der Waals surface area contributed by atoms with Crippen LogP contribution in [-0.4, -0.2) is 0 Å². The first-order valence-corrected chi connectivity index (χ1v) is 13.4. The minimum Gasteiger partial charge on any atom is -0.0888 e. The Hall–Kier alpha value is -3.81. The molecular formula is C35H26S. The molecule has 1 heteroatoms. The highest BCUT2D eigenvalue weighted by molar-refractivity contribution is 7.99. The standard InChI is InChI=1S/C35H26S/c1-35(2)31-19-11-10-14-25(31)26-21-20-23(22-32(26)35)33-27-15-6-8-17-29(27)34(30-18-9-7-16-28(30)33)36-24-12-4-3-5-13-24/h3-22H,1-2H3. The number of fused-ring (bicyclic) bond motifs is 5. The number of hydrogen-bond donors (Lipinski definition) is 0. The zero-order valence-corrected chi connectivity index (χ0v) is 21.3. The molecule has 0 fully saturated rings. The van der Waals surface area contributed by atoms with Crippen molar-refractivity contribution in [2.24, 2.45) is 0 Å². The van der Waals surface area contributed by atoms with E-state index in [1.807, 2.05) is 11.8 Å². The third-order valence-electron chi connectivity index (χ3n) is 7.72. The van der Waals surface area contributed by atoms with Crippen molar-refractivity contribution in [3.63, 3.8) is 0 Å². The van der Waals surface area contributed by atoms with Gasteiger partial charge in [0.05, 0.1) is 0 Å². The molecule has 0 unspecified atom stereocenters. The van der Waals surface area contributed by atoms with Crippen molar-refractivity contribution < 1.29 is 0 Å². The molecule has 0 heterocycles. The second kappa shape index (κ2) is 8.11. The second-order valence-corrected chi connectivity index (χ2v) is 11.2. The van der Waals surface area contributed by atoms with Gasteiger partial charge in [0.15, 0.2) is 0 Å². The smallest absolute Gasteiger partial charge is 0.0279 e. The third-order valence-corrected chi connectivity index (χ3v) is 8.87. The zero-order chi connectivity index (χ0) is 24.3. The van der Waals surface area contributed by atoms with E-state index in [1.165, 1.54) is 64.7 Å². The predicted molar refractivity (Wildman–Crippen MR) is 155 cm³/mol. The lowest BCUT2D eigenvalue weighted by Crippen LogP contribution is -2.14. The Morgan fingerprint density at radius 2 is 1.06 bits per heavy atom. The minimum absolute atomic E-state index is 0.0172. The van der Waals surface area contributed by atoms with Gasteiger partial charge in [0.2, 0.25) is 0 Å². The van der Waals surface area contributed by atoms with Gasteiger partial charge in [0.25, 0.3) is 0 Å². The van der Waals surface area contributed by atoms with Crippen LogP contribution in [0.1, 0.15) is 25.0 Å². The second-order valence-electron chi connectivity index (χ2n) is 10.1. The topological polar surface area (TPSA) is 0 Å². The molecule has 1 aliphatic rings. The van der Waals surface area contributed by atoms with Crippen LogP contribution in [0.15, 0.2) is 131 Å². The fourth-order valence-electron chi connectivity index (χ4n) is 5.98. The van der Waals surface area contributed by atoms with E-state index in [9.17, 15) is 0 Å². The van der Waals surface area contributed by atoms with E-state index in [1.54, 1.807) is 0 Å². The molecule has 0 aliphatic heterocycles. The van der Waals surface area contributed by atoms with E-state index in [-0.39, 0.29) is 5.41 Å². The maximum Gasteiger partial charge on any atom is 0.0279 e. The Balaban J connectivity index is 1.51. The first-order valence-electron chi connectivity index (χ1n) is 12.5. The van der Waals surface area contributed by atoms with E-state index in [4.69, 9.17) is 0 Å². The van der Waals surface area contributed by atoms with Crippen molar-refractivity contribution in [2.75, 3.05) is 0 Å². The summed E-state index contributed by atoms with van der Waals surface area (Å²) in [5, 5.41) is 5.23. The molecule has 0 saturated heterocycles. The molecule has 0 atom stereocenters. The van der Waals surface area contributed by atoms with Gasteiger partial charge < -0.3 is 0 Å². The molecule has 6 aromatic carbocycles. The summed E-state index contributed by atoms with van der Waals surface area (Å²) in [4.78, 5) is 2.59. The van der Waals surface area contributed by atoms with Crippen LogP contribution in [0.4, 0.5) is 0 Å². The maximum atomic E-state index is 2.45. The third kappa shape index (κ3) is 3.16. The lowest BCUT2D eigenvalue weighted by atomic mass is 9.81. The highest BCUT2D eigenvalue weighted by Gasteiger charge is 2.35. The van der Waals surface area contributed by atoms with Gasteiger partial charge >= 0.3 is 0 Å². The summed E-state index contributed by atoms with van der Waals surface area (Å²) in [5.74, 6) is 0. The summed E-state index contributed by atoms with van der Waals surface area (Å²) in [6.45, 7) is 4.72. The maximum absolute atomic E-state index is 2.45. The highest BCUT2D eigenvalue weighted by atomic mass is 32.2. The fraction of sp³-hybridized carbons (Fsp3) is 0.0857. The quantitative estimate of drug-likeness (QED) is 0.228. The van der Waals surface area contributed by atoms with Crippen LogP contribution in [0, 0.1) is 0 Å². The average molecular weight is 479 g/mol. The van der Waals surface area contributed by atoms with E-state index in [0.29, 0.717) is 0 Å². The number of benzene rings is 6. The molecule has 0 aromatic heterocycles. The van der Waals surface area contributed by atoms with Crippen LogP contribution in [-0.2, 0) is 5.41 Å². The van der Waals surface area contributed by atoms with Crippen molar-refractivity contribution in [1.82, 2.24) is 0 Å². The molecule has 0 N–H and O–H groups in total. The van der Waals surface area contributed by atoms with Gasteiger partial charge in [-0.3, -0.25) is 0 Å². The Morgan fingerprint density at radius 3 is 1.75 bits per heavy atom. The Morgan fingerprint density at radius 1 is 0.500 bits per heavy atom. The number of hydrogen-bond acceptors (Lipinski definition) is 1. The molecule has 7 rings (SSSR count). The average Bonchev–Trinajstić information content (AvgIpc) is 3.15. The molecular weight excluding hydrogens is 452 g/mol. The van der Waals surface area contributed by atoms with Gasteiger partial charge in [-0.2, -0.15) is 0 Å². The van der Waals surface area contributed by atoms with Gasteiger partial charge in [0, 0.05) is 15.2 Å². The Labute approximate surface area is 216 Å². The summed E-state index contributed by atoms with van der Waals surface area (Å²) < 4.78 is 0. The molecule has 1 aliphatic carbocycles. The molecule has 36 heavy (non-hydrogen) atoms. The summed E-state index contributed by atoms with van der Waals surface area (Å²) in [6.07, 6.45) is 0. The highest BCUT2D eigenvalue weighted by Crippen LogP contribution is 2.51. The van der Waals surface area contributed by atoms with Crippen LogP contribution in [0.2, 0.25) is 0 Å². The molecule has 0 amide bonds.